The Labute approximate surface area is 122 Å². The van der Waals surface area contributed by atoms with E-state index in [1.54, 1.807) is 0 Å². The summed E-state index contributed by atoms with van der Waals surface area (Å²) in [7, 11) is -3.97. The Hall–Kier alpha value is -1.71. The number of sulfonamides is 1. The van der Waals surface area contributed by atoms with Crippen LogP contribution in [0.3, 0.4) is 0 Å². The van der Waals surface area contributed by atoms with Gasteiger partial charge in [0.2, 0.25) is 10.0 Å². The highest BCUT2D eigenvalue weighted by molar-refractivity contribution is 7.89. The van der Waals surface area contributed by atoms with Gasteiger partial charge in [0, 0.05) is 24.9 Å². The fourth-order valence-electron chi connectivity index (χ4n) is 1.76. The molecule has 0 aliphatic heterocycles. The van der Waals surface area contributed by atoms with Crippen molar-refractivity contribution in [3.8, 4) is 0 Å². The molecule has 9 heteroatoms. The first kappa shape index (κ1) is 15.7. The molecular weight excluding hydrogens is 298 g/mol. The van der Waals surface area contributed by atoms with Crippen molar-refractivity contribution in [2.75, 3.05) is 25.5 Å². The van der Waals surface area contributed by atoms with Gasteiger partial charge in [0.15, 0.2) is 4.90 Å². The number of ether oxygens (including phenoxy) is 1. The van der Waals surface area contributed by atoms with E-state index in [4.69, 9.17) is 10.5 Å². The molecular formula is C12H17N3O5S. The molecule has 1 saturated carbocycles. The lowest BCUT2D eigenvalue weighted by Gasteiger charge is -2.08. The molecule has 1 aliphatic carbocycles. The highest BCUT2D eigenvalue weighted by Gasteiger charge is 2.26. The van der Waals surface area contributed by atoms with Gasteiger partial charge in [-0.15, -0.1) is 0 Å². The molecule has 1 aromatic rings. The lowest BCUT2D eigenvalue weighted by Crippen LogP contribution is -2.28. The maximum atomic E-state index is 12.1. The number of hydrogen-bond donors (Lipinski definition) is 2. The number of nitrogens with zero attached hydrogens (tertiary/aromatic N) is 1. The summed E-state index contributed by atoms with van der Waals surface area (Å²) < 4.78 is 31.7. The quantitative estimate of drug-likeness (QED) is 0.317. The maximum absolute atomic E-state index is 12.1. The van der Waals surface area contributed by atoms with E-state index in [1.807, 2.05) is 0 Å². The van der Waals surface area contributed by atoms with Gasteiger partial charge < -0.3 is 10.5 Å². The summed E-state index contributed by atoms with van der Waals surface area (Å²) in [6.07, 6.45) is 2.31. The molecule has 1 aliphatic rings. The number of nitrogens with one attached hydrogen (secondary N) is 1. The Morgan fingerprint density at radius 2 is 2.14 bits per heavy atom. The molecule has 0 heterocycles. The summed E-state index contributed by atoms with van der Waals surface area (Å²) in [5, 5.41) is 10.9. The van der Waals surface area contributed by atoms with Crippen LogP contribution >= 0.6 is 0 Å². The molecule has 0 amide bonds. The number of hydrogen-bond acceptors (Lipinski definition) is 6. The van der Waals surface area contributed by atoms with E-state index in [9.17, 15) is 18.5 Å². The number of nitrogen functional groups attached to an aromatic ring is 1. The van der Waals surface area contributed by atoms with Crippen LogP contribution in [0.15, 0.2) is 23.1 Å². The largest absolute Gasteiger partial charge is 0.399 e. The average Bonchev–Trinajstić information content (AvgIpc) is 3.22. The van der Waals surface area contributed by atoms with Crippen LogP contribution in [-0.2, 0) is 14.8 Å². The van der Waals surface area contributed by atoms with E-state index in [0.29, 0.717) is 12.5 Å². The minimum absolute atomic E-state index is 0.0661. The van der Waals surface area contributed by atoms with Crippen LogP contribution in [0.4, 0.5) is 11.4 Å². The van der Waals surface area contributed by atoms with Crippen LogP contribution in [0.25, 0.3) is 0 Å². The Bertz CT molecular complexity index is 628. The third-order valence-corrected chi connectivity index (χ3v) is 4.57. The van der Waals surface area contributed by atoms with Crippen molar-refractivity contribution in [1.29, 1.82) is 0 Å². The third kappa shape index (κ3) is 4.38. The van der Waals surface area contributed by atoms with E-state index < -0.39 is 25.5 Å². The van der Waals surface area contributed by atoms with E-state index >= 15 is 0 Å². The molecule has 1 fully saturated rings. The minimum Gasteiger partial charge on any atom is -0.399 e. The van der Waals surface area contributed by atoms with Gasteiger partial charge in [0.25, 0.3) is 5.69 Å². The summed E-state index contributed by atoms with van der Waals surface area (Å²) in [6, 6.07) is 3.46. The molecule has 116 valence electrons. The highest BCUT2D eigenvalue weighted by Crippen LogP contribution is 2.28. The molecule has 2 rings (SSSR count). The summed E-state index contributed by atoms with van der Waals surface area (Å²) >= 11 is 0. The predicted molar refractivity (Wildman–Crippen MR) is 76.2 cm³/mol. The zero-order chi connectivity index (χ0) is 15.5. The van der Waals surface area contributed by atoms with Crippen molar-refractivity contribution in [1.82, 2.24) is 4.72 Å². The molecule has 3 N–H and O–H groups in total. The Morgan fingerprint density at radius 1 is 1.43 bits per heavy atom. The van der Waals surface area contributed by atoms with Crippen molar-refractivity contribution in [2.24, 2.45) is 5.92 Å². The monoisotopic (exact) mass is 315 g/mol. The van der Waals surface area contributed by atoms with E-state index in [-0.39, 0.29) is 18.8 Å². The second-order valence-corrected chi connectivity index (χ2v) is 6.64. The first-order valence-electron chi connectivity index (χ1n) is 6.51. The summed E-state index contributed by atoms with van der Waals surface area (Å²) in [5.41, 5.74) is 5.04. The predicted octanol–water partition coefficient (Wildman–Crippen LogP) is 0.882. The normalized spacial score (nSPS) is 15.0. The van der Waals surface area contributed by atoms with Gasteiger partial charge in [0.05, 0.1) is 11.5 Å². The Kier molecular flexibility index (Phi) is 4.76. The lowest BCUT2D eigenvalue weighted by atomic mass is 10.3. The standard InChI is InChI=1S/C12H17N3O5S/c13-10-3-4-12(11(7-10)15(16)17)21(18,19)14-5-6-20-8-9-1-2-9/h3-4,7,9,14H,1-2,5-6,8,13H2. The van der Waals surface area contributed by atoms with Crippen LogP contribution in [-0.4, -0.2) is 33.1 Å². The molecule has 0 aromatic heterocycles. The zero-order valence-corrected chi connectivity index (χ0v) is 12.1. The van der Waals surface area contributed by atoms with Gasteiger partial charge in [-0.05, 0) is 30.9 Å². The lowest BCUT2D eigenvalue weighted by molar-refractivity contribution is -0.387. The van der Waals surface area contributed by atoms with E-state index in [2.05, 4.69) is 4.72 Å². The second kappa shape index (κ2) is 6.37. The zero-order valence-electron chi connectivity index (χ0n) is 11.3. The molecule has 0 saturated heterocycles. The molecule has 0 radical (unpaired) electrons. The third-order valence-electron chi connectivity index (χ3n) is 3.06. The van der Waals surface area contributed by atoms with Gasteiger partial charge >= 0.3 is 0 Å². The van der Waals surface area contributed by atoms with Crippen molar-refractivity contribution < 1.29 is 18.1 Å². The Balaban J connectivity index is 1.99. The van der Waals surface area contributed by atoms with Gasteiger partial charge in [-0.25, -0.2) is 13.1 Å². The first-order valence-corrected chi connectivity index (χ1v) is 8.00. The molecule has 0 atom stereocenters. The molecule has 0 bridgehead atoms. The van der Waals surface area contributed by atoms with Gasteiger partial charge in [0.1, 0.15) is 0 Å². The highest BCUT2D eigenvalue weighted by atomic mass is 32.2. The van der Waals surface area contributed by atoms with Crippen LogP contribution in [0.5, 0.6) is 0 Å². The fraction of sp³-hybridized carbons (Fsp3) is 0.500. The van der Waals surface area contributed by atoms with Gasteiger partial charge in [-0.1, -0.05) is 0 Å². The topological polar surface area (TPSA) is 125 Å². The van der Waals surface area contributed by atoms with E-state index in [1.165, 1.54) is 6.07 Å². The van der Waals surface area contributed by atoms with E-state index in [0.717, 1.165) is 25.0 Å². The number of nitro benzene ring substituents is 1. The first-order chi connectivity index (χ1) is 9.90. The number of rotatable bonds is 8. The van der Waals surface area contributed by atoms with Crippen molar-refractivity contribution in [3.05, 3.63) is 28.3 Å². The van der Waals surface area contributed by atoms with Crippen molar-refractivity contribution >= 4 is 21.4 Å². The summed E-state index contributed by atoms with van der Waals surface area (Å²) in [5.74, 6) is 0.597. The summed E-state index contributed by atoms with van der Waals surface area (Å²) in [4.78, 5) is 9.74. The molecule has 8 nitrogen and oxygen atoms in total. The average molecular weight is 315 g/mol. The van der Waals surface area contributed by atoms with Crippen LogP contribution in [0, 0.1) is 16.0 Å². The fourth-order valence-corrected chi connectivity index (χ4v) is 2.93. The van der Waals surface area contributed by atoms with Crippen molar-refractivity contribution in [2.45, 2.75) is 17.7 Å². The SMILES string of the molecule is Nc1ccc(S(=O)(=O)NCCOCC2CC2)c([N+](=O)[O-])c1. The molecule has 0 unspecified atom stereocenters. The van der Waals surface area contributed by atoms with Crippen LogP contribution < -0.4 is 10.5 Å². The number of anilines is 1. The maximum Gasteiger partial charge on any atom is 0.291 e. The van der Waals surface area contributed by atoms with Crippen LogP contribution in [0.2, 0.25) is 0 Å². The van der Waals surface area contributed by atoms with Gasteiger partial charge in [-0.3, -0.25) is 10.1 Å². The number of nitrogens with two attached hydrogens (primary N) is 1. The molecule has 1 aromatic carbocycles. The molecule has 21 heavy (non-hydrogen) atoms. The smallest absolute Gasteiger partial charge is 0.291 e. The van der Waals surface area contributed by atoms with Crippen molar-refractivity contribution in [3.63, 3.8) is 0 Å². The van der Waals surface area contributed by atoms with Gasteiger partial charge in [-0.2, -0.15) is 0 Å². The molecule has 0 spiro atoms. The number of benzene rings is 1. The van der Waals surface area contributed by atoms with Crippen LogP contribution in [0.1, 0.15) is 12.8 Å². The number of nitro groups is 1. The Morgan fingerprint density at radius 3 is 2.76 bits per heavy atom. The minimum atomic E-state index is -3.97. The second-order valence-electron chi connectivity index (χ2n) is 4.90. The summed E-state index contributed by atoms with van der Waals surface area (Å²) in [6.45, 7) is 0.929.